The van der Waals surface area contributed by atoms with Crippen molar-refractivity contribution in [2.24, 2.45) is 14.1 Å². The van der Waals surface area contributed by atoms with Gasteiger partial charge >= 0.3 is 5.69 Å². The number of amides is 1. The predicted octanol–water partition coefficient (Wildman–Crippen LogP) is 1.41. The van der Waals surface area contributed by atoms with Crippen LogP contribution in [0.1, 0.15) is 16.8 Å². The number of pyridine rings is 1. The summed E-state index contributed by atoms with van der Waals surface area (Å²) in [6.45, 7) is 1.28. The number of carbonyl (C=O) groups excluding carboxylic acids is 1. The van der Waals surface area contributed by atoms with E-state index in [0.29, 0.717) is 12.1 Å². The van der Waals surface area contributed by atoms with Gasteiger partial charge in [-0.2, -0.15) is 0 Å². The van der Waals surface area contributed by atoms with Gasteiger partial charge in [0.05, 0.1) is 10.9 Å². The number of rotatable bonds is 5. The van der Waals surface area contributed by atoms with Gasteiger partial charge in [0, 0.05) is 45.1 Å². The predicted molar refractivity (Wildman–Crippen MR) is 111 cm³/mol. The SMILES string of the molecule is Cn1c(=O)c2cc(C(=O)NCCCn3ccc4ccccc43)cnc2n(C)c1=O. The molecule has 0 atom stereocenters. The molecule has 8 nitrogen and oxygen atoms in total. The minimum atomic E-state index is -0.468. The van der Waals surface area contributed by atoms with Gasteiger partial charge in [0.15, 0.2) is 0 Å². The summed E-state index contributed by atoms with van der Waals surface area (Å²) >= 11 is 0. The van der Waals surface area contributed by atoms with Crippen LogP contribution in [-0.2, 0) is 20.6 Å². The number of aryl methyl sites for hydroxylation is 2. The minimum Gasteiger partial charge on any atom is -0.352 e. The highest BCUT2D eigenvalue weighted by molar-refractivity contribution is 5.96. The van der Waals surface area contributed by atoms with Crippen LogP contribution in [0.3, 0.4) is 0 Å². The van der Waals surface area contributed by atoms with Crippen molar-refractivity contribution >= 4 is 27.8 Å². The third kappa shape index (κ3) is 3.33. The van der Waals surface area contributed by atoms with E-state index in [9.17, 15) is 14.4 Å². The topological polar surface area (TPSA) is 90.9 Å². The maximum absolute atomic E-state index is 12.5. The molecule has 0 spiro atoms. The summed E-state index contributed by atoms with van der Waals surface area (Å²) in [6.07, 6.45) is 4.19. The van der Waals surface area contributed by atoms with Gasteiger partial charge in [-0.1, -0.05) is 18.2 Å². The second-order valence-corrected chi connectivity index (χ2v) is 6.98. The quantitative estimate of drug-likeness (QED) is 0.521. The molecule has 1 aromatic carbocycles. The average molecular weight is 391 g/mol. The first-order valence-corrected chi connectivity index (χ1v) is 9.35. The highest BCUT2D eigenvalue weighted by Crippen LogP contribution is 2.15. The van der Waals surface area contributed by atoms with Gasteiger partial charge in [-0.25, -0.2) is 9.78 Å². The van der Waals surface area contributed by atoms with E-state index < -0.39 is 11.2 Å². The number of hydrogen-bond donors (Lipinski definition) is 1. The molecule has 3 heterocycles. The Balaban J connectivity index is 1.45. The zero-order valence-electron chi connectivity index (χ0n) is 16.3. The summed E-state index contributed by atoms with van der Waals surface area (Å²) in [5.74, 6) is -0.298. The zero-order chi connectivity index (χ0) is 20.5. The van der Waals surface area contributed by atoms with Gasteiger partial charge in [0.25, 0.3) is 11.5 Å². The fourth-order valence-corrected chi connectivity index (χ4v) is 3.48. The Bertz CT molecular complexity index is 1350. The summed E-state index contributed by atoms with van der Waals surface area (Å²) in [6, 6.07) is 11.7. The van der Waals surface area contributed by atoms with Crippen molar-refractivity contribution < 1.29 is 4.79 Å². The third-order valence-corrected chi connectivity index (χ3v) is 5.10. The van der Waals surface area contributed by atoms with Gasteiger partial charge < -0.3 is 9.88 Å². The molecular formula is C21H21N5O3. The van der Waals surface area contributed by atoms with Crippen molar-refractivity contribution in [3.05, 3.63) is 75.2 Å². The molecule has 4 aromatic rings. The van der Waals surface area contributed by atoms with Gasteiger partial charge in [-0.05, 0) is 30.0 Å². The van der Waals surface area contributed by atoms with E-state index in [4.69, 9.17) is 0 Å². The molecule has 0 saturated heterocycles. The molecule has 29 heavy (non-hydrogen) atoms. The van der Waals surface area contributed by atoms with Gasteiger partial charge in [-0.3, -0.25) is 18.7 Å². The Labute approximate surface area is 166 Å². The number of benzene rings is 1. The number of fused-ring (bicyclic) bond motifs is 2. The first kappa shape index (κ1) is 18.7. The fourth-order valence-electron chi connectivity index (χ4n) is 3.48. The molecule has 0 radical (unpaired) electrons. The van der Waals surface area contributed by atoms with E-state index in [0.717, 1.165) is 17.5 Å². The molecule has 1 N–H and O–H groups in total. The minimum absolute atomic E-state index is 0.237. The number of nitrogens with zero attached hydrogens (tertiary/aromatic N) is 4. The Morgan fingerprint density at radius 3 is 2.72 bits per heavy atom. The van der Waals surface area contributed by atoms with Crippen LogP contribution in [0.5, 0.6) is 0 Å². The van der Waals surface area contributed by atoms with Crippen LogP contribution in [0.4, 0.5) is 0 Å². The molecular weight excluding hydrogens is 370 g/mol. The Kier molecular flexibility index (Phi) is 4.75. The number of carbonyl (C=O) groups is 1. The normalized spacial score (nSPS) is 11.2. The molecule has 0 aliphatic carbocycles. The van der Waals surface area contributed by atoms with Crippen LogP contribution in [0, 0.1) is 0 Å². The lowest BCUT2D eigenvalue weighted by Gasteiger charge is -2.09. The van der Waals surface area contributed by atoms with Gasteiger partial charge in [0.1, 0.15) is 5.65 Å². The molecule has 0 aliphatic heterocycles. The number of hydrogen-bond acceptors (Lipinski definition) is 4. The molecule has 1 amide bonds. The van der Waals surface area contributed by atoms with Gasteiger partial charge in [0.2, 0.25) is 0 Å². The van der Waals surface area contributed by atoms with Crippen molar-refractivity contribution in [1.82, 2.24) is 24.0 Å². The van der Waals surface area contributed by atoms with E-state index in [1.54, 1.807) is 7.05 Å². The van der Waals surface area contributed by atoms with Crippen LogP contribution in [-0.4, -0.2) is 31.1 Å². The smallest absolute Gasteiger partial charge is 0.332 e. The molecule has 0 aliphatic rings. The summed E-state index contributed by atoms with van der Waals surface area (Å²) in [7, 11) is 2.95. The lowest BCUT2D eigenvalue weighted by atomic mass is 10.2. The van der Waals surface area contributed by atoms with E-state index in [-0.39, 0.29) is 16.9 Å². The van der Waals surface area contributed by atoms with Crippen molar-refractivity contribution in [3.8, 4) is 0 Å². The lowest BCUT2D eigenvalue weighted by Crippen LogP contribution is -2.37. The Hall–Kier alpha value is -3.68. The van der Waals surface area contributed by atoms with Crippen LogP contribution >= 0.6 is 0 Å². The third-order valence-electron chi connectivity index (χ3n) is 5.10. The number of nitrogens with one attached hydrogen (secondary N) is 1. The fraction of sp³-hybridized carbons (Fsp3) is 0.238. The first-order chi connectivity index (χ1) is 14.0. The van der Waals surface area contributed by atoms with E-state index in [2.05, 4.69) is 33.1 Å². The van der Waals surface area contributed by atoms with Gasteiger partial charge in [-0.15, -0.1) is 0 Å². The van der Waals surface area contributed by atoms with E-state index in [1.807, 2.05) is 18.3 Å². The Morgan fingerprint density at radius 2 is 1.90 bits per heavy atom. The summed E-state index contributed by atoms with van der Waals surface area (Å²) in [5.41, 5.74) is 0.794. The average Bonchev–Trinajstić information content (AvgIpc) is 3.16. The zero-order valence-corrected chi connectivity index (χ0v) is 16.3. The van der Waals surface area contributed by atoms with Crippen LogP contribution < -0.4 is 16.6 Å². The summed E-state index contributed by atoms with van der Waals surface area (Å²) in [5, 5.41) is 4.29. The molecule has 8 heteroatoms. The molecule has 0 unspecified atom stereocenters. The first-order valence-electron chi connectivity index (χ1n) is 9.35. The molecule has 4 rings (SSSR count). The monoisotopic (exact) mass is 391 g/mol. The van der Waals surface area contributed by atoms with Crippen LogP contribution in [0.25, 0.3) is 21.9 Å². The largest absolute Gasteiger partial charge is 0.352 e. The summed E-state index contributed by atoms with van der Waals surface area (Å²) in [4.78, 5) is 41.0. The number of aromatic nitrogens is 4. The maximum Gasteiger partial charge on any atom is 0.332 e. The molecule has 0 fully saturated rings. The molecule has 0 saturated carbocycles. The van der Waals surface area contributed by atoms with Crippen molar-refractivity contribution in [3.63, 3.8) is 0 Å². The molecule has 0 bridgehead atoms. The Morgan fingerprint density at radius 1 is 1.10 bits per heavy atom. The van der Waals surface area contributed by atoms with Crippen molar-refractivity contribution in [2.45, 2.75) is 13.0 Å². The van der Waals surface area contributed by atoms with Crippen molar-refractivity contribution in [1.29, 1.82) is 0 Å². The number of para-hydroxylation sites is 1. The second-order valence-electron chi connectivity index (χ2n) is 6.98. The van der Waals surface area contributed by atoms with Crippen LogP contribution in [0.2, 0.25) is 0 Å². The molecule has 3 aromatic heterocycles. The van der Waals surface area contributed by atoms with E-state index in [1.165, 1.54) is 34.8 Å². The summed E-state index contributed by atoms with van der Waals surface area (Å²) < 4.78 is 4.45. The second kappa shape index (κ2) is 7.38. The maximum atomic E-state index is 12.5. The van der Waals surface area contributed by atoms with E-state index >= 15 is 0 Å². The van der Waals surface area contributed by atoms with Crippen molar-refractivity contribution in [2.75, 3.05) is 6.54 Å². The highest BCUT2D eigenvalue weighted by atomic mass is 16.2. The lowest BCUT2D eigenvalue weighted by molar-refractivity contribution is 0.0952. The molecule has 148 valence electrons. The standard InChI is InChI=1S/C21H21N5O3/c1-24-18-16(20(28)25(2)21(24)29)12-15(13-23-18)19(27)22-9-5-10-26-11-8-14-6-3-4-7-17(14)26/h3-4,6-8,11-13H,5,9-10H2,1-2H3,(H,22,27). The van der Waals surface area contributed by atoms with Crippen LogP contribution in [0.15, 0.2) is 58.4 Å². The highest BCUT2D eigenvalue weighted by Gasteiger charge is 2.13.